The number of anilines is 1. The van der Waals surface area contributed by atoms with E-state index in [1.54, 1.807) is 23.7 Å². The standard InChI is InChI=1S/C23H17BrN2O4S/c1-12-10-15-11-14(4-7-17(15)30-12)20(27)18-19(13-2-5-16(24)6-3-13)26(22(29)21(18)28)23-25-8-9-31-23/h2-9,11-12,19,27H,10H2,1H3/b20-18+/t12-,19-/m0/s1. The van der Waals surface area contributed by atoms with Gasteiger partial charge in [0.2, 0.25) is 0 Å². The molecule has 0 radical (unpaired) electrons. The van der Waals surface area contributed by atoms with Crippen molar-refractivity contribution < 1.29 is 19.4 Å². The molecule has 0 aliphatic carbocycles. The number of rotatable bonds is 3. The summed E-state index contributed by atoms with van der Waals surface area (Å²) in [7, 11) is 0. The van der Waals surface area contributed by atoms with Crippen LogP contribution in [0, 0.1) is 0 Å². The molecule has 156 valence electrons. The number of amides is 1. The van der Waals surface area contributed by atoms with Crippen LogP contribution in [0.2, 0.25) is 0 Å². The smallest absolute Gasteiger partial charge is 0.301 e. The van der Waals surface area contributed by atoms with E-state index in [1.807, 2.05) is 37.3 Å². The summed E-state index contributed by atoms with van der Waals surface area (Å²) in [6, 6.07) is 11.9. The van der Waals surface area contributed by atoms with Crippen LogP contribution in [0.5, 0.6) is 5.75 Å². The van der Waals surface area contributed by atoms with Gasteiger partial charge < -0.3 is 9.84 Å². The van der Waals surface area contributed by atoms with Crippen molar-refractivity contribution in [3.05, 3.63) is 80.8 Å². The molecule has 2 aliphatic heterocycles. The van der Waals surface area contributed by atoms with E-state index in [1.165, 1.54) is 16.2 Å². The van der Waals surface area contributed by atoms with Gasteiger partial charge in [-0.2, -0.15) is 0 Å². The second-order valence-corrected chi connectivity index (χ2v) is 9.28. The number of Topliss-reactive ketones (excluding diaryl/α,β-unsaturated/α-hetero) is 1. The van der Waals surface area contributed by atoms with Crippen molar-refractivity contribution in [2.75, 3.05) is 4.90 Å². The highest BCUT2D eigenvalue weighted by Crippen LogP contribution is 2.43. The Morgan fingerprint density at radius 3 is 2.71 bits per heavy atom. The molecular weight excluding hydrogens is 480 g/mol. The lowest BCUT2D eigenvalue weighted by Gasteiger charge is -2.23. The first-order valence-electron chi connectivity index (χ1n) is 9.70. The molecule has 2 atom stereocenters. The molecule has 1 fully saturated rings. The molecule has 0 spiro atoms. The number of carbonyl (C=O) groups excluding carboxylic acids is 2. The Morgan fingerprint density at radius 1 is 1.23 bits per heavy atom. The highest BCUT2D eigenvalue weighted by Gasteiger charge is 2.48. The monoisotopic (exact) mass is 496 g/mol. The van der Waals surface area contributed by atoms with Crippen LogP contribution in [0.3, 0.4) is 0 Å². The number of aliphatic hydroxyl groups is 1. The van der Waals surface area contributed by atoms with Crippen molar-refractivity contribution in [3.63, 3.8) is 0 Å². The van der Waals surface area contributed by atoms with E-state index in [4.69, 9.17) is 4.74 Å². The van der Waals surface area contributed by atoms with Crippen molar-refractivity contribution in [1.82, 2.24) is 4.98 Å². The van der Waals surface area contributed by atoms with E-state index in [0.29, 0.717) is 16.3 Å². The van der Waals surface area contributed by atoms with Gasteiger partial charge in [0.15, 0.2) is 5.13 Å². The van der Waals surface area contributed by atoms with Gasteiger partial charge in [-0.15, -0.1) is 11.3 Å². The number of hydrogen-bond donors (Lipinski definition) is 1. The Balaban J connectivity index is 1.68. The first-order valence-corrected chi connectivity index (χ1v) is 11.4. The highest BCUT2D eigenvalue weighted by molar-refractivity contribution is 9.10. The molecule has 6 nitrogen and oxygen atoms in total. The molecule has 1 amide bonds. The molecule has 0 unspecified atom stereocenters. The lowest BCUT2D eigenvalue weighted by atomic mass is 9.94. The molecule has 3 aromatic rings. The first-order chi connectivity index (χ1) is 14.9. The number of halogens is 1. The number of ketones is 1. The Morgan fingerprint density at radius 2 is 2.00 bits per heavy atom. The molecule has 31 heavy (non-hydrogen) atoms. The molecule has 2 aromatic carbocycles. The summed E-state index contributed by atoms with van der Waals surface area (Å²) in [4.78, 5) is 31.7. The maximum atomic E-state index is 13.1. The van der Waals surface area contributed by atoms with E-state index in [-0.39, 0.29) is 17.4 Å². The fourth-order valence-electron chi connectivity index (χ4n) is 4.05. The van der Waals surface area contributed by atoms with Crippen molar-refractivity contribution in [2.24, 2.45) is 0 Å². The third-order valence-corrected chi connectivity index (χ3v) is 6.72. The molecule has 3 heterocycles. The number of fused-ring (bicyclic) bond motifs is 1. The van der Waals surface area contributed by atoms with Crippen molar-refractivity contribution in [3.8, 4) is 5.75 Å². The zero-order chi connectivity index (χ0) is 21.7. The molecule has 1 N–H and O–H groups in total. The normalized spacial score (nSPS) is 21.9. The molecule has 0 saturated carbocycles. The Kier molecular flexibility index (Phi) is 4.91. The van der Waals surface area contributed by atoms with Crippen LogP contribution in [0.4, 0.5) is 5.13 Å². The average molecular weight is 497 g/mol. The van der Waals surface area contributed by atoms with Gasteiger partial charge in [0.05, 0.1) is 11.6 Å². The minimum Gasteiger partial charge on any atom is -0.507 e. The van der Waals surface area contributed by atoms with Crippen LogP contribution in [-0.2, 0) is 16.0 Å². The minimum absolute atomic E-state index is 0.0504. The van der Waals surface area contributed by atoms with Gasteiger partial charge in [-0.05, 0) is 48.4 Å². The lowest BCUT2D eigenvalue weighted by molar-refractivity contribution is -0.132. The van der Waals surface area contributed by atoms with Crippen LogP contribution in [0.25, 0.3) is 5.76 Å². The SMILES string of the molecule is C[C@H]1Cc2cc(/C(O)=C3\C(=O)C(=O)N(c4nccs4)[C@H]3c3ccc(Br)cc3)ccc2O1. The number of aliphatic hydroxyl groups excluding tert-OH is 1. The molecular formula is C23H17BrN2O4S. The van der Waals surface area contributed by atoms with Crippen LogP contribution in [0.15, 0.2) is 64.1 Å². The van der Waals surface area contributed by atoms with E-state index >= 15 is 0 Å². The van der Waals surface area contributed by atoms with Gasteiger partial charge in [-0.25, -0.2) is 4.98 Å². The minimum atomic E-state index is -0.775. The summed E-state index contributed by atoms with van der Waals surface area (Å²) in [5, 5.41) is 13.4. The largest absolute Gasteiger partial charge is 0.507 e. The third-order valence-electron chi connectivity index (χ3n) is 5.42. The first kappa shape index (κ1) is 20.0. The zero-order valence-electron chi connectivity index (χ0n) is 16.4. The fraction of sp³-hybridized carbons (Fsp3) is 0.174. The van der Waals surface area contributed by atoms with Gasteiger partial charge in [0.25, 0.3) is 5.78 Å². The summed E-state index contributed by atoms with van der Waals surface area (Å²) < 4.78 is 6.61. The number of carbonyl (C=O) groups is 2. The maximum Gasteiger partial charge on any atom is 0.301 e. The van der Waals surface area contributed by atoms with Crippen molar-refractivity contribution >= 4 is 49.8 Å². The zero-order valence-corrected chi connectivity index (χ0v) is 18.8. The number of ether oxygens (including phenoxy) is 1. The van der Waals surface area contributed by atoms with Gasteiger partial charge in [-0.1, -0.05) is 28.1 Å². The predicted octanol–water partition coefficient (Wildman–Crippen LogP) is 4.86. The summed E-state index contributed by atoms with van der Waals surface area (Å²) in [6.45, 7) is 1.98. The van der Waals surface area contributed by atoms with Crippen LogP contribution in [-0.4, -0.2) is 27.9 Å². The predicted molar refractivity (Wildman–Crippen MR) is 121 cm³/mol. The Hall–Kier alpha value is -2.97. The van der Waals surface area contributed by atoms with Gasteiger partial charge in [-0.3, -0.25) is 14.5 Å². The van der Waals surface area contributed by atoms with Crippen LogP contribution >= 0.6 is 27.3 Å². The number of nitrogens with zero attached hydrogens (tertiary/aromatic N) is 2. The van der Waals surface area contributed by atoms with E-state index < -0.39 is 17.7 Å². The van der Waals surface area contributed by atoms with Crippen molar-refractivity contribution in [2.45, 2.75) is 25.5 Å². The van der Waals surface area contributed by atoms with Gasteiger partial charge in [0, 0.05) is 28.0 Å². The quantitative estimate of drug-likeness (QED) is 0.318. The summed E-state index contributed by atoms with van der Waals surface area (Å²) >= 11 is 4.68. The number of hydrogen-bond acceptors (Lipinski definition) is 6. The average Bonchev–Trinajstić information content (AvgIpc) is 3.46. The maximum absolute atomic E-state index is 13.1. The third kappa shape index (κ3) is 3.36. The molecule has 2 aliphatic rings. The Bertz CT molecular complexity index is 1220. The molecule has 1 aromatic heterocycles. The molecule has 0 bridgehead atoms. The van der Waals surface area contributed by atoms with Crippen LogP contribution in [0.1, 0.15) is 29.7 Å². The fourth-order valence-corrected chi connectivity index (χ4v) is 4.98. The van der Waals surface area contributed by atoms with Crippen molar-refractivity contribution in [1.29, 1.82) is 0 Å². The number of thiazole rings is 1. The summed E-state index contributed by atoms with van der Waals surface area (Å²) in [5.74, 6) is -0.863. The van der Waals surface area contributed by atoms with Gasteiger partial charge >= 0.3 is 5.91 Å². The second kappa shape index (κ2) is 7.62. The molecule has 1 saturated heterocycles. The molecule has 5 rings (SSSR count). The van der Waals surface area contributed by atoms with E-state index in [2.05, 4.69) is 20.9 Å². The number of aromatic nitrogens is 1. The summed E-state index contributed by atoms with van der Waals surface area (Å²) in [6.07, 6.45) is 2.37. The van der Waals surface area contributed by atoms with E-state index in [9.17, 15) is 14.7 Å². The Labute approximate surface area is 190 Å². The summed E-state index contributed by atoms with van der Waals surface area (Å²) in [5.41, 5.74) is 2.20. The van der Waals surface area contributed by atoms with Crippen LogP contribution < -0.4 is 9.64 Å². The lowest BCUT2D eigenvalue weighted by Crippen LogP contribution is -2.29. The number of benzene rings is 2. The van der Waals surface area contributed by atoms with E-state index in [0.717, 1.165) is 22.2 Å². The topological polar surface area (TPSA) is 79.7 Å². The van der Waals surface area contributed by atoms with Gasteiger partial charge in [0.1, 0.15) is 17.6 Å². The molecule has 8 heteroatoms. The highest BCUT2D eigenvalue weighted by atomic mass is 79.9. The second-order valence-electron chi connectivity index (χ2n) is 7.49.